The van der Waals surface area contributed by atoms with Crippen molar-refractivity contribution in [2.45, 2.75) is 19.9 Å². The second kappa shape index (κ2) is 5.97. The molecule has 0 aromatic heterocycles. The summed E-state index contributed by atoms with van der Waals surface area (Å²) in [6.07, 6.45) is 0. The van der Waals surface area contributed by atoms with Gasteiger partial charge in [0.2, 0.25) is 5.91 Å². The largest absolute Gasteiger partial charge is 0.377 e. The van der Waals surface area contributed by atoms with E-state index < -0.39 is 5.91 Å². The highest BCUT2D eigenvalue weighted by Gasteiger charge is 2.11. The van der Waals surface area contributed by atoms with E-state index in [0.29, 0.717) is 16.3 Å². The van der Waals surface area contributed by atoms with Crippen molar-refractivity contribution in [2.75, 3.05) is 5.32 Å². The molecular weight excluding hydrogens is 272 g/mol. The molecule has 1 unspecified atom stereocenters. The summed E-state index contributed by atoms with van der Waals surface area (Å²) in [5.74, 6) is -0.465. The number of benzene rings is 2. The average Bonchev–Trinajstić information content (AvgIpc) is 2.41. The molecule has 2 aromatic rings. The highest BCUT2D eigenvalue weighted by atomic mass is 35.5. The lowest BCUT2D eigenvalue weighted by Crippen LogP contribution is -2.13. The maximum Gasteiger partial charge on any atom is 0.248 e. The third kappa shape index (κ3) is 3.11. The zero-order chi connectivity index (χ0) is 14.7. The van der Waals surface area contributed by atoms with Gasteiger partial charge in [-0.1, -0.05) is 35.9 Å². The van der Waals surface area contributed by atoms with Crippen molar-refractivity contribution < 1.29 is 4.79 Å². The molecule has 1 atom stereocenters. The number of carbonyl (C=O) groups excluding carboxylic acids is 1. The highest BCUT2D eigenvalue weighted by Crippen LogP contribution is 2.28. The molecule has 3 N–H and O–H groups in total. The van der Waals surface area contributed by atoms with Gasteiger partial charge in [-0.15, -0.1) is 0 Å². The Balaban J connectivity index is 2.28. The molecule has 20 heavy (non-hydrogen) atoms. The van der Waals surface area contributed by atoms with Crippen LogP contribution in [0.1, 0.15) is 34.5 Å². The number of aryl methyl sites for hydroxylation is 1. The number of halogens is 1. The first-order valence-electron chi connectivity index (χ1n) is 6.40. The first kappa shape index (κ1) is 14.4. The Morgan fingerprint density at radius 2 is 1.95 bits per heavy atom. The van der Waals surface area contributed by atoms with Crippen molar-refractivity contribution in [3.8, 4) is 0 Å². The molecule has 0 saturated carbocycles. The molecule has 2 rings (SSSR count). The van der Waals surface area contributed by atoms with E-state index in [1.807, 2.05) is 12.1 Å². The van der Waals surface area contributed by atoms with Gasteiger partial charge in [0, 0.05) is 11.6 Å². The minimum atomic E-state index is -0.465. The number of carbonyl (C=O) groups is 1. The molecule has 2 aromatic carbocycles. The molecule has 0 spiro atoms. The summed E-state index contributed by atoms with van der Waals surface area (Å²) in [5.41, 5.74) is 8.83. The molecule has 1 amide bonds. The third-order valence-corrected chi connectivity index (χ3v) is 3.61. The van der Waals surface area contributed by atoms with Gasteiger partial charge >= 0.3 is 0 Å². The van der Waals surface area contributed by atoms with Crippen LogP contribution in [0.4, 0.5) is 5.69 Å². The number of anilines is 1. The van der Waals surface area contributed by atoms with Gasteiger partial charge in [0.25, 0.3) is 0 Å². The van der Waals surface area contributed by atoms with Crippen LogP contribution in [0.25, 0.3) is 0 Å². The number of rotatable bonds is 4. The molecule has 0 bridgehead atoms. The van der Waals surface area contributed by atoms with Crippen LogP contribution in [-0.2, 0) is 0 Å². The van der Waals surface area contributed by atoms with Crippen molar-refractivity contribution >= 4 is 23.2 Å². The topological polar surface area (TPSA) is 55.1 Å². The summed E-state index contributed by atoms with van der Waals surface area (Å²) in [5, 5.41) is 3.89. The fraction of sp³-hybridized carbons (Fsp3) is 0.188. The van der Waals surface area contributed by atoms with Crippen molar-refractivity contribution in [3.05, 3.63) is 64.2 Å². The number of nitrogens with two attached hydrogens (primary N) is 1. The van der Waals surface area contributed by atoms with Crippen molar-refractivity contribution in [2.24, 2.45) is 5.73 Å². The Labute approximate surface area is 123 Å². The minimum absolute atomic E-state index is 0.0804. The average molecular weight is 289 g/mol. The van der Waals surface area contributed by atoms with E-state index in [0.717, 1.165) is 0 Å². The molecule has 0 heterocycles. The molecule has 0 fully saturated rings. The van der Waals surface area contributed by atoms with Crippen LogP contribution in [0.3, 0.4) is 0 Å². The van der Waals surface area contributed by atoms with Crippen LogP contribution in [0, 0.1) is 6.92 Å². The van der Waals surface area contributed by atoms with Crippen LogP contribution in [0.15, 0.2) is 42.5 Å². The maximum atomic E-state index is 11.2. The molecule has 0 saturated heterocycles. The number of nitrogens with one attached hydrogen (secondary N) is 1. The fourth-order valence-electron chi connectivity index (χ4n) is 2.17. The minimum Gasteiger partial charge on any atom is -0.377 e. The zero-order valence-corrected chi connectivity index (χ0v) is 12.2. The monoisotopic (exact) mass is 288 g/mol. The molecule has 0 aliphatic heterocycles. The zero-order valence-electron chi connectivity index (χ0n) is 11.5. The Kier molecular flexibility index (Phi) is 4.30. The molecule has 0 aliphatic carbocycles. The van der Waals surface area contributed by atoms with Gasteiger partial charge < -0.3 is 11.1 Å². The van der Waals surface area contributed by atoms with E-state index in [1.165, 1.54) is 11.1 Å². The SMILES string of the molecule is Cc1ccccc1C(C)Nc1cc(C(N)=O)ccc1Cl. The summed E-state index contributed by atoms with van der Waals surface area (Å²) < 4.78 is 0. The summed E-state index contributed by atoms with van der Waals surface area (Å²) in [4.78, 5) is 11.2. The van der Waals surface area contributed by atoms with Crippen LogP contribution >= 0.6 is 11.6 Å². The summed E-state index contributed by atoms with van der Waals surface area (Å²) in [6, 6.07) is 13.2. The second-order valence-electron chi connectivity index (χ2n) is 4.78. The maximum absolute atomic E-state index is 11.2. The van der Waals surface area contributed by atoms with E-state index in [2.05, 4.69) is 31.3 Å². The first-order chi connectivity index (χ1) is 9.49. The Morgan fingerprint density at radius 3 is 2.60 bits per heavy atom. The van der Waals surface area contributed by atoms with E-state index in [1.54, 1.807) is 18.2 Å². The van der Waals surface area contributed by atoms with Crippen molar-refractivity contribution in [1.82, 2.24) is 0 Å². The van der Waals surface area contributed by atoms with Crippen LogP contribution in [0.2, 0.25) is 5.02 Å². The molecular formula is C16H17ClN2O. The highest BCUT2D eigenvalue weighted by molar-refractivity contribution is 6.33. The van der Waals surface area contributed by atoms with Crippen LogP contribution in [0.5, 0.6) is 0 Å². The van der Waals surface area contributed by atoms with Gasteiger partial charge in [-0.25, -0.2) is 0 Å². The second-order valence-corrected chi connectivity index (χ2v) is 5.19. The Hall–Kier alpha value is -2.00. The molecule has 0 radical (unpaired) electrons. The Morgan fingerprint density at radius 1 is 1.25 bits per heavy atom. The number of hydrogen-bond acceptors (Lipinski definition) is 2. The number of hydrogen-bond donors (Lipinski definition) is 2. The van der Waals surface area contributed by atoms with Gasteiger partial charge in [0.05, 0.1) is 10.7 Å². The van der Waals surface area contributed by atoms with Crippen LogP contribution < -0.4 is 11.1 Å². The predicted octanol–water partition coefficient (Wildman–Crippen LogP) is 3.92. The quantitative estimate of drug-likeness (QED) is 0.896. The van der Waals surface area contributed by atoms with Gasteiger partial charge in [0.1, 0.15) is 0 Å². The lowest BCUT2D eigenvalue weighted by Gasteiger charge is -2.19. The first-order valence-corrected chi connectivity index (χ1v) is 6.78. The van der Waals surface area contributed by atoms with E-state index in [-0.39, 0.29) is 6.04 Å². The molecule has 4 heteroatoms. The van der Waals surface area contributed by atoms with E-state index in [4.69, 9.17) is 17.3 Å². The lowest BCUT2D eigenvalue weighted by molar-refractivity contribution is 0.100. The van der Waals surface area contributed by atoms with Gasteiger partial charge in [-0.05, 0) is 43.2 Å². The van der Waals surface area contributed by atoms with Crippen molar-refractivity contribution in [1.29, 1.82) is 0 Å². The van der Waals surface area contributed by atoms with E-state index in [9.17, 15) is 4.79 Å². The fourth-order valence-corrected chi connectivity index (χ4v) is 2.34. The van der Waals surface area contributed by atoms with Gasteiger partial charge in [0.15, 0.2) is 0 Å². The van der Waals surface area contributed by atoms with Crippen molar-refractivity contribution in [3.63, 3.8) is 0 Å². The molecule has 0 aliphatic rings. The third-order valence-electron chi connectivity index (χ3n) is 3.28. The number of primary amides is 1. The molecule has 104 valence electrons. The smallest absolute Gasteiger partial charge is 0.248 e. The standard InChI is InChI=1S/C16H17ClN2O/c1-10-5-3-4-6-13(10)11(2)19-15-9-12(16(18)20)7-8-14(15)17/h3-9,11,19H,1-2H3,(H2,18,20). The predicted molar refractivity (Wildman–Crippen MR) is 83.2 cm³/mol. The summed E-state index contributed by atoms with van der Waals surface area (Å²) in [7, 11) is 0. The van der Waals surface area contributed by atoms with Gasteiger partial charge in [-0.3, -0.25) is 4.79 Å². The van der Waals surface area contributed by atoms with E-state index >= 15 is 0 Å². The van der Waals surface area contributed by atoms with Crippen LogP contribution in [-0.4, -0.2) is 5.91 Å². The normalized spacial score (nSPS) is 11.9. The number of amides is 1. The lowest BCUT2D eigenvalue weighted by atomic mass is 10.0. The summed E-state index contributed by atoms with van der Waals surface area (Å²) in [6.45, 7) is 4.12. The molecule has 3 nitrogen and oxygen atoms in total. The Bertz CT molecular complexity index is 640. The summed E-state index contributed by atoms with van der Waals surface area (Å²) >= 11 is 6.16. The van der Waals surface area contributed by atoms with Gasteiger partial charge in [-0.2, -0.15) is 0 Å².